The van der Waals surface area contributed by atoms with E-state index in [9.17, 15) is 13.5 Å². The minimum atomic E-state index is -3.95. The molecule has 0 aliphatic heterocycles. The monoisotopic (exact) mass is 517 g/mol. The second-order valence-electron chi connectivity index (χ2n) is 8.95. The molecule has 0 bridgehead atoms. The number of aliphatic hydroxyl groups excluding tert-OH is 1. The smallest absolute Gasteiger partial charge is 0.264 e. The molecule has 37 heavy (non-hydrogen) atoms. The van der Waals surface area contributed by atoms with Crippen molar-refractivity contribution in [1.82, 2.24) is 0 Å². The first-order valence-electron chi connectivity index (χ1n) is 12.3. The molecular formula is C30H33N2O4S+. The van der Waals surface area contributed by atoms with Gasteiger partial charge in [0.15, 0.2) is 0 Å². The van der Waals surface area contributed by atoms with E-state index in [0.717, 1.165) is 16.0 Å². The Kier molecular flexibility index (Phi) is 8.95. The lowest BCUT2D eigenvalue weighted by Crippen LogP contribution is -3.10. The Morgan fingerprint density at radius 3 is 1.78 bits per heavy atom. The summed E-state index contributed by atoms with van der Waals surface area (Å²) in [6.07, 6.45) is -0.925. The summed E-state index contributed by atoms with van der Waals surface area (Å²) in [5.41, 5.74) is 2.69. The summed E-state index contributed by atoms with van der Waals surface area (Å²) in [6, 6.07) is 35.5. The van der Waals surface area contributed by atoms with Gasteiger partial charge in [-0.15, -0.1) is 0 Å². The molecule has 1 atom stereocenters. The topological polar surface area (TPSA) is 71.3 Å². The number of ether oxygens (including phenoxy) is 1. The molecule has 0 fully saturated rings. The van der Waals surface area contributed by atoms with Crippen LogP contribution in [0.5, 0.6) is 5.75 Å². The minimum absolute atomic E-state index is 0.106. The van der Waals surface area contributed by atoms with Gasteiger partial charge in [-0.3, -0.25) is 4.31 Å². The second kappa shape index (κ2) is 12.5. The van der Waals surface area contributed by atoms with E-state index < -0.39 is 16.1 Å². The lowest BCUT2D eigenvalue weighted by molar-refractivity contribution is -0.930. The molecule has 0 radical (unpaired) electrons. The van der Waals surface area contributed by atoms with Crippen molar-refractivity contribution in [2.75, 3.05) is 24.5 Å². The maximum absolute atomic E-state index is 13.8. The molecule has 192 valence electrons. The van der Waals surface area contributed by atoms with Crippen LogP contribution in [-0.2, 0) is 23.1 Å². The molecule has 4 rings (SSSR count). The van der Waals surface area contributed by atoms with Crippen LogP contribution in [0.1, 0.15) is 11.1 Å². The van der Waals surface area contributed by atoms with E-state index in [1.165, 1.54) is 11.4 Å². The number of rotatable bonds is 12. The summed E-state index contributed by atoms with van der Waals surface area (Å²) >= 11 is 0. The third-order valence-electron chi connectivity index (χ3n) is 6.18. The number of nitrogens with zero attached hydrogens (tertiary/aromatic N) is 1. The fraction of sp³-hybridized carbons (Fsp3) is 0.200. The predicted octanol–water partition coefficient (Wildman–Crippen LogP) is 3.54. The van der Waals surface area contributed by atoms with Gasteiger partial charge in [0.25, 0.3) is 10.0 Å². The van der Waals surface area contributed by atoms with Crippen molar-refractivity contribution in [2.45, 2.75) is 24.1 Å². The van der Waals surface area contributed by atoms with E-state index in [1.54, 1.807) is 54.6 Å². The molecule has 4 aromatic carbocycles. The van der Waals surface area contributed by atoms with Crippen LogP contribution < -0.4 is 13.9 Å². The minimum Gasteiger partial charge on any atom is -0.495 e. The largest absolute Gasteiger partial charge is 0.495 e. The number of para-hydroxylation sites is 2. The number of aliphatic hydroxyl groups is 1. The van der Waals surface area contributed by atoms with E-state index in [-0.39, 0.29) is 11.4 Å². The fourth-order valence-corrected chi connectivity index (χ4v) is 5.98. The number of benzene rings is 4. The highest BCUT2D eigenvalue weighted by Crippen LogP contribution is 2.32. The molecule has 0 spiro atoms. The van der Waals surface area contributed by atoms with Crippen molar-refractivity contribution in [3.8, 4) is 5.75 Å². The highest BCUT2D eigenvalue weighted by Gasteiger charge is 2.30. The van der Waals surface area contributed by atoms with Gasteiger partial charge in [0.1, 0.15) is 31.5 Å². The molecule has 7 heteroatoms. The SMILES string of the molecule is COc1ccccc1N(CC(O)C[NH+](Cc1ccccc1)Cc1ccccc1)S(=O)(=O)c1ccccc1. The number of quaternary nitrogens is 1. The summed E-state index contributed by atoms with van der Waals surface area (Å²) < 4.78 is 34.3. The predicted molar refractivity (Wildman–Crippen MR) is 146 cm³/mol. The van der Waals surface area contributed by atoms with Crippen LogP contribution in [0.3, 0.4) is 0 Å². The van der Waals surface area contributed by atoms with Gasteiger partial charge in [-0.25, -0.2) is 8.42 Å². The van der Waals surface area contributed by atoms with Crippen molar-refractivity contribution in [2.24, 2.45) is 0 Å². The van der Waals surface area contributed by atoms with Crippen molar-refractivity contribution in [3.05, 3.63) is 126 Å². The van der Waals surface area contributed by atoms with Gasteiger partial charge in [-0.2, -0.15) is 0 Å². The summed E-state index contributed by atoms with van der Waals surface area (Å²) in [6.45, 7) is 1.66. The zero-order chi connectivity index (χ0) is 26.1. The molecule has 0 saturated heterocycles. The molecule has 0 saturated carbocycles. The standard InChI is InChI=1S/C30H32N2O4S/c1-36-30-20-12-11-19-29(30)32(37(34,35)28-17-9-4-10-18-28)24-27(33)23-31(21-25-13-5-2-6-14-25)22-26-15-7-3-8-16-26/h2-20,27,33H,21-24H2,1H3/p+1. The van der Waals surface area contributed by atoms with Gasteiger partial charge in [-0.05, 0) is 24.3 Å². The lowest BCUT2D eigenvalue weighted by atomic mass is 10.1. The Balaban J connectivity index is 1.62. The van der Waals surface area contributed by atoms with Gasteiger partial charge < -0.3 is 14.7 Å². The third-order valence-corrected chi connectivity index (χ3v) is 7.97. The first-order chi connectivity index (χ1) is 18.0. The molecule has 0 heterocycles. The first-order valence-corrected chi connectivity index (χ1v) is 13.7. The van der Waals surface area contributed by atoms with Crippen LogP contribution in [0.25, 0.3) is 0 Å². The average molecular weight is 518 g/mol. The van der Waals surface area contributed by atoms with Gasteiger partial charge in [0.2, 0.25) is 0 Å². The lowest BCUT2D eigenvalue weighted by Gasteiger charge is -2.29. The van der Waals surface area contributed by atoms with Crippen LogP contribution in [0.15, 0.2) is 120 Å². The first kappa shape index (κ1) is 26.4. The van der Waals surface area contributed by atoms with Crippen molar-refractivity contribution in [1.29, 1.82) is 0 Å². The van der Waals surface area contributed by atoms with E-state index >= 15 is 0 Å². The Labute approximate surface area is 219 Å². The zero-order valence-electron chi connectivity index (χ0n) is 20.9. The van der Waals surface area contributed by atoms with Crippen LogP contribution in [0.4, 0.5) is 5.69 Å². The Morgan fingerprint density at radius 1 is 0.757 bits per heavy atom. The maximum Gasteiger partial charge on any atom is 0.264 e. The number of nitrogens with one attached hydrogen (secondary N) is 1. The van der Waals surface area contributed by atoms with Gasteiger partial charge in [0, 0.05) is 11.1 Å². The van der Waals surface area contributed by atoms with Crippen molar-refractivity contribution in [3.63, 3.8) is 0 Å². The normalized spacial score (nSPS) is 12.3. The molecule has 4 aromatic rings. The molecule has 0 aliphatic rings. The summed E-state index contributed by atoms with van der Waals surface area (Å²) in [5.74, 6) is 0.423. The van der Waals surface area contributed by atoms with Gasteiger partial charge in [0.05, 0.1) is 24.2 Å². The number of hydrogen-bond donors (Lipinski definition) is 2. The molecular weight excluding hydrogens is 484 g/mol. The maximum atomic E-state index is 13.8. The molecule has 0 amide bonds. The average Bonchev–Trinajstić information content (AvgIpc) is 2.93. The van der Waals surface area contributed by atoms with E-state index in [2.05, 4.69) is 24.3 Å². The van der Waals surface area contributed by atoms with E-state index in [4.69, 9.17) is 4.74 Å². The second-order valence-corrected chi connectivity index (χ2v) is 10.8. The third kappa shape index (κ3) is 6.98. The Bertz CT molecular complexity index is 1310. The number of hydrogen-bond acceptors (Lipinski definition) is 4. The summed E-state index contributed by atoms with van der Waals surface area (Å²) in [4.78, 5) is 1.29. The number of anilines is 1. The molecule has 1 unspecified atom stereocenters. The molecule has 0 aromatic heterocycles. The molecule has 2 N–H and O–H groups in total. The quantitative estimate of drug-likeness (QED) is 0.302. The van der Waals surface area contributed by atoms with Crippen LogP contribution >= 0.6 is 0 Å². The fourth-order valence-electron chi connectivity index (χ4n) is 4.45. The molecule has 6 nitrogen and oxygen atoms in total. The summed E-state index contributed by atoms with van der Waals surface area (Å²) in [5, 5.41) is 11.3. The van der Waals surface area contributed by atoms with E-state index in [0.29, 0.717) is 31.1 Å². The van der Waals surface area contributed by atoms with E-state index in [1.807, 2.05) is 36.4 Å². The van der Waals surface area contributed by atoms with Crippen molar-refractivity contribution >= 4 is 15.7 Å². The highest BCUT2D eigenvalue weighted by atomic mass is 32.2. The van der Waals surface area contributed by atoms with Gasteiger partial charge >= 0.3 is 0 Å². The summed E-state index contributed by atoms with van der Waals surface area (Å²) in [7, 11) is -2.44. The van der Waals surface area contributed by atoms with Crippen molar-refractivity contribution < 1.29 is 23.2 Å². The van der Waals surface area contributed by atoms with Gasteiger partial charge in [-0.1, -0.05) is 91.0 Å². The Morgan fingerprint density at radius 2 is 1.24 bits per heavy atom. The van der Waals surface area contributed by atoms with Crippen LogP contribution in [0.2, 0.25) is 0 Å². The van der Waals surface area contributed by atoms with Crippen LogP contribution in [-0.4, -0.2) is 39.8 Å². The zero-order valence-corrected chi connectivity index (χ0v) is 21.7. The highest BCUT2D eigenvalue weighted by molar-refractivity contribution is 7.92. The molecule has 0 aliphatic carbocycles. The number of methoxy groups -OCH3 is 1. The number of sulfonamides is 1. The Hall–Kier alpha value is -3.65. The van der Waals surface area contributed by atoms with Crippen LogP contribution in [0, 0.1) is 0 Å².